The number of carbonyl (C=O) groups is 9. The summed E-state index contributed by atoms with van der Waals surface area (Å²) in [6.07, 6.45) is 2.93. The van der Waals surface area contributed by atoms with Crippen molar-refractivity contribution >= 4 is 77.6 Å². The van der Waals surface area contributed by atoms with E-state index in [1.54, 1.807) is 39.5 Å². The summed E-state index contributed by atoms with van der Waals surface area (Å²) >= 11 is 5.83. The van der Waals surface area contributed by atoms with Crippen LogP contribution in [0.15, 0.2) is 24.3 Å². The number of nitrogens with one attached hydrogen (secondary N) is 8. The fourth-order valence-corrected chi connectivity index (χ4v) is 8.02. The molecule has 0 saturated carbocycles. The second-order valence-corrected chi connectivity index (χ2v) is 21.5. The van der Waals surface area contributed by atoms with Crippen LogP contribution in [0.25, 0.3) is 0 Å². The van der Waals surface area contributed by atoms with Gasteiger partial charge in [-0.25, -0.2) is 4.79 Å². The van der Waals surface area contributed by atoms with Crippen molar-refractivity contribution in [3.63, 3.8) is 0 Å². The molecule has 71 heavy (non-hydrogen) atoms. The Bertz CT molecular complexity index is 1920. The lowest BCUT2D eigenvalue weighted by atomic mass is 9.99. The van der Waals surface area contributed by atoms with Crippen LogP contribution >= 0.6 is 24.4 Å². The number of carboxylic acid groups (broad SMARTS) is 1. The van der Waals surface area contributed by atoms with Gasteiger partial charge in [-0.15, -0.1) is 0 Å². The van der Waals surface area contributed by atoms with E-state index in [0.29, 0.717) is 17.7 Å². The molecule has 1 rings (SSSR count). The summed E-state index contributed by atoms with van der Waals surface area (Å²) in [5.74, 6) is -7.22. The molecular formula is C49H83N9O11S2. The standard InChI is InChI=1S/C49H83N9O11S2/c1-25(2)19-34(53-44(63)35(20-26(3)4)52-42(61)33(50)17-18-71-12)43(62)51-30(11)41(60)58-40(29(9)10)48(67)55-36(21-27(5)6)45(64)57-39(24-70)47(66)54-37(23-31-13-15-32(59)16-14-31)46(65)56-38(49(68)69)22-28(7)8/h13-16,25-30,33-40,59,70H,17-24,50H2,1-12H3,(H,51,62)(H,52,61)(H,53,63)(H,54,66)(H,55,67)(H,56,65)(H,57,64)(H,58,60)(H,68,69)/t30-,33-,34-,35-,36-,37-,38-,39-,40-/m0/s1. The van der Waals surface area contributed by atoms with Gasteiger partial charge in [0.1, 0.15) is 54.1 Å². The summed E-state index contributed by atoms with van der Waals surface area (Å²) < 4.78 is 0. The van der Waals surface area contributed by atoms with Crippen LogP contribution < -0.4 is 48.3 Å². The van der Waals surface area contributed by atoms with Gasteiger partial charge >= 0.3 is 5.97 Å². The Morgan fingerprint density at radius 3 is 1.34 bits per heavy atom. The van der Waals surface area contributed by atoms with Crippen molar-refractivity contribution in [3.8, 4) is 5.75 Å². The Balaban J connectivity index is 3.24. The molecule has 0 radical (unpaired) electrons. The number of carboxylic acids is 1. The molecule has 1 aromatic rings. The molecule has 0 spiro atoms. The first-order chi connectivity index (χ1) is 33.1. The van der Waals surface area contributed by atoms with Crippen molar-refractivity contribution in [2.75, 3.05) is 17.8 Å². The zero-order chi connectivity index (χ0) is 54.3. The SMILES string of the molecule is CSCC[C@H](N)C(=O)N[C@@H](CC(C)C)C(=O)N[C@@H](CC(C)C)C(=O)N[C@@H](C)C(=O)N[C@H](C(=O)N[C@@H](CC(C)C)C(=O)N[C@@H](CS)C(=O)N[C@@H](Cc1ccc(O)cc1)C(=O)N[C@@H](CC(C)C)C(=O)O)C(C)C. The third-order valence-corrected chi connectivity index (χ3v) is 12.1. The zero-order valence-corrected chi connectivity index (χ0v) is 45.3. The highest BCUT2D eigenvalue weighted by Gasteiger charge is 2.35. The van der Waals surface area contributed by atoms with Crippen LogP contribution in [-0.2, 0) is 49.6 Å². The Hall–Kier alpha value is -5.09. The van der Waals surface area contributed by atoms with Crippen molar-refractivity contribution in [3.05, 3.63) is 29.8 Å². The van der Waals surface area contributed by atoms with E-state index in [9.17, 15) is 53.4 Å². The Morgan fingerprint density at radius 2 is 0.901 bits per heavy atom. The maximum absolute atomic E-state index is 14.0. The van der Waals surface area contributed by atoms with Gasteiger partial charge in [0.25, 0.3) is 0 Å². The lowest BCUT2D eigenvalue weighted by Crippen LogP contribution is -2.61. The molecule has 0 bridgehead atoms. The average Bonchev–Trinajstić information content (AvgIpc) is 3.27. The van der Waals surface area contributed by atoms with Crippen molar-refractivity contribution in [1.82, 2.24) is 42.5 Å². The number of phenols is 1. The molecule has 22 heteroatoms. The molecule has 20 nitrogen and oxygen atoms in total. The lowest BCUT2D eigenvalue weighted by molar-refractivity contribution is -0.142. The van der Waals surface area contributed by atoms with Gasteiger partial charge in [-0.05, 0) is 98.3 Å². The minimum atomic E-state index is -1.33. The number of phenolic OH excluding ortho intramolecular Hbond substituents is 1. The van der Waals surface area contributed by atoms with Crippen LogP contribution in [0, 0.1) is 29.6 Å². The van der Waals surface area contributed by atoms with Crippen LogP contribution in [0.5, 0.6) is 5.75 Å². The van der Waals surface area contributed by atoms with E-state index < -0.39 is 114 Å². The summed E-state index contributed by atoms with van der Waals surface area (Å²) in [7, 11) is 0. The highest BCUT2D eigenvalue weighted by molar-refractivity contribution is 7.98. The van der Waals surface area contributed by atoms with Gasteiger partial charge in [0.05, 0.1) is 6.04 Å². The van der Waals surface area contributed by atoms with E-state index in [0.717, 1.165) is 0 Å². The van der Waals surface area contributed by atoms with Crippen molar-refractivity contribution in [2.45, 2.75) is 169 Å². The molecule has 8 amide bonds. The molecule has 0 aliphatic rings. The van der Waals surface area contributed by atoms with E-state index in [4.69, 9.17) is 5.73 Å². The van der Waals surface area contributed by atoms with Gasteiger partial charge in [0.15, 0.2) is 0 Å². The van der Waals surface area contributed by atoms with Gasteiger partial charge in [-0.1, -0.05) is 81.4 Å². The largest absolute Gasteiger partial charge is 0.508 e. The van der Waals surface area contributed by atoms with Crippen LogP contribution in [0.3, 0.4) is 0 Å². The van der Waals surface area contributed by atoms with Crippen LogP contribution in [0.2, 0.25) is 0 Å². The maximum atomic E-state index is 14.0. The number of amides is 8. The first-order valence-electron chi connectivity index (χ1n) is 24.4. The molecule has 0 unspecified atom stereocenters. The van der Waals surface area contributed by atoms with E-state index in [2.05, 4.69) is 55.2 Å². The number of hydrogen-bond acceptors (Lipinski definition) is 13. The molecule has 1 aromatic carbocycles. The first kappa shape index (κ1) is 63.9. The number of aromatic hydroxyl groups is 1. The average molecular weight is 1040 g/mol. The summed E-state index contributed by atoms with van der Waals surface area (Å²) in [6.45, 7) is 19.5. The summed E-state index contributed by atoms with van der Waals surface area (Å²) in [5.41, 5.74) is 6.60. The van der Waals surface area contributed by atoms with Gasteiger partial charge in [-0.3, -0.25) is 38.4 Å². The number of rotatable bonds is 32. The number of thiol groups is 1. The molecule has 12 N–H and O–H groups in total. The second kappa shape index (κ2) is 32.1. The van der Waals surface area contributed by atoms with E-state index in [1.165, 1.54) is 31.2 Å². The Kier molecular flexibility index (Phi) is 28.9. The highest BCUT2D eigenvalue weighted by Crippen LogP contribution is 2.15. The Morgan fingerprint density at radius 1 is 0.521 bits per heavy atom. The number of nitrogens with two attached hydrogens (primary N) is 1. The number of thioether (sulfide) groups is 1. The summed E-state index contributed by atoms with van der Waals surface area (Å²) in [6, 6.07) is -4.51. The van der Waals surface area contributed by atoms with Crippen LogP contribution in [0.4, 0.5) is 0 Å². The number of hydrogen-bond donors (Lipinski definition) is 12. The Labute approximate surface area is 429 Å². The minimum absolute atomic E-state index is 0.00695. The zero-order valence-electron chi connectivity index (χ0n) is 43.6. The van der Waals surface area contributed by atoms with Gasteiger partial charge in [0.2, 0.25) is 47.3 Å². The summed E-state index contributed by atoms with van der Waals surface area (Å²) in [5, 5.41) is 40.8. The fraction of sp³-hybridized carbons (Fsp3) is 0.694. The number of aliphatic carboxylic acids is 1. The molecule has 0 fully saturated rings. The molecule has 0 aromatic heterocycles. The third kappa shape index (κ3) is 24.3. The molecule has 9 atom stereocenters. The molecule has 0 aliphatic carbocycles. The second-order valence-electron chi connectivity index (χ2n) is 20.1. The third-order valence-electron chi connectivity index (χ3n) is 11.1. The summed E-state index contributed by atoms with van der Waals surface area (Å²) in [4.78, 5) is 121. The van der Waals surface area contributed by atoms with E-state index >= 15 is 0 Å². The van der Waals surface area contributed by atoms with Crippen LogP contribution in [0.1, 0.15) is 114 Å². The molecule has 0 saturated heterocycles. The first-order valence-corrected chi connectivity index (χ1v) is 26.4. The molecular weight excluding hydrogens is 955 g/mol. The van der Waals surface area contributed by atoms with E-state index in [1.807, 2.05) is 47.8 Å². The lowest BCUT2D eigenvalue weighted by Gasteiger charge is -2.29. The monoisotopic (exact) mass is 1040 g/mol. The van der Waals surface area contributed by atoms with Crippen molar-refractivity contribution in [2.24, 2.45) is 35.3 Å². The predicted molar refractivity (Wildman–Crippen MR) is 278 cm³/mol. The van der Waals surface area contributed by atoms with Gasteiger partial charge < -0.3 is 58.5 Å². The quantitative estimate of drug-likeness (QED) is 0.0459. The topological polar surface area (TPSA) is 316 Å². The van der Waals surface area contributed by atoms with Crippen molar-refractivity contribution < 1.29 is 53.4 Å². The fourth-order valence-electron chi connectivity index (χ4n) is 7.27. The number of carbonyl (C=O) groups excluding carboxylic acids is 8. The normalized spacial score (nSPS) is 15.3. The highest BCUT2D eigenvalue weighted by atomic mass is 32.2. The van der Waals surface area contributed by atoms with Crippen LogP contribution in [-0.4, -0.2) is 136 Å². The smallest absolute Gasteiger partial charge is 0.326 e. The van der Waals surface area contributed by atoms with Gasteiger partial charge in [0, 0.05) is 12.2 Å². The molecule has 0 heterocycles. The van der Waals surface area contributed by atoms with E-state index in [-0.39, 0.29) is 67.3 Å². The van der Waals surface area contributed by atoms with Gasteiger partial charge in [-0.2, -0.15) is 24.4 Å². The predicted octanol–water partition coefficient (Wildman–Crippen LogP) is 1.77. The van der Waals surface area contributed by atoms with Crippen molar-refractivity contribution in [1.29, 1.82) is 0 Å². The number of benzene rings is 1. The molecule has 402 valence electrons. The molecule has 0 aliphatic heterocycles. The minimum Gasteiger partial charge on any atom is -0.508 e. The maximum Gasteiger partial charge on any atom is 0.326 e.